The van der Waals surface area contributed by atoms with E-state index in [2.05, 4.69) is 13.0 Å². The first kappa shape index (κ1) is 22.0. The van der Waals surface area contributed by atoms with E-state index in [-0.39, 0.29) is 0 Å². The average Bonchev–Trinajstić information content (AvgIpc) is 2.57. The molecular weight excluding hydrogens is 304 g/mol. The smallest absolute Gasteiger partial charge is 0.374 e. The zero-order chi connectivity index (χ0) is 18.0. The minimum atomic E-state index is -1.55. The zero-order valence-corrected chi connectivity index (χ0v) is 14.8. The van der Waals surface area contributed by atoms with Gasteiger partial charge in [-0.25, -0.2) is 4.79 Å². The normalized spacial score (nSPS) is 13.2. The van der Waals surface area contributed by atoms with Gasteiger partial charge in [-0.2, -0.15) is 0 Å². The number of rotatable bonds is 14. The molecule has 0 saturated carbocycles. The van der Waals surface area contributed by atoms with Crippen LogP contribution in [0.1, 0.15) is 71.1 Å². The van der Waals surface area contributed by atoms with Crippen molar-refractivity contribution >= 4 is 5.97 Å². The summed E-state index contributed by atoms with van der Waals surface area (Å²) in [6, 6.07) is 0. The van der Waals surface area contributed by atoms with Crippen LogP contribution < -0.4 is 0 Å². The van der Waals surface area contributed by atoms with Gasteiger partial charge in [-0.3, -0.25) is 0 Å². The van der Waals surface area contributed by atoms with Crippen molar-refractivity contribution in [1.82, 2.24) is 0 Å². The number of carboxylic acid groups (broad SMARTS) is 1. The summed E-state index contributed by atoms with van der Waals surface area (Å²) >= 11 is 0. The highest BCUT2D eigenvalue weighted by Crippen LogP contribution is 2.10. The maximum atomic E-state index is 10.4. The van der Waals surface area contributed by atoms with Gasteiger partial charge in [0.2, 0.25) is 5.76 Å². The molecule has 0 atom stereocenters. The molecule has 3 N–H and O–H groups in total. The third-order valence-corrected chi connectivity index (χ3v) is 3.64. The Morgan fingerprint density at radius 1 is 0.750 bits per heavy atom. The predicted octanol–water partition coefficient (Wildman–Crippen LogP) is 5.99. The predicted molar refractivity (Wildman–Crippen MR) is 99.2 cm³/mol. The number of aliphatic hydroxyl groups excluding tert-OH is 2. The Hall–Kier alpha value is -1.97. The first-order valence-electron chi connectivity index (χ1n) is 8.95. The minimum absolute atomic E-state index is 0.661. The fraction of sp³-hybridized carbons (Fsp3) is 0.550. The Morgan fingerprint density at radius 2 is 1.29 bits per heavy atom. The summed E-state index contributed by atoms with van der Waals surface area (Å²) in [6.07, 6.45) is 23.1. The van der Waals surface area contributed by atoms with Crippen LogP contribution >= 0.6 is 0 Å². The molecule has 0 saturated heterocycles. The molecule has 4 heteroatoms. The number of carbonyl (C=O) groups is 1. The number of unbranched alkanes of at least 4 members (excludes halogenated alkanes) is 9. The van der Waals surface area contributed by atoms with Gasteiger partial charge < -0.3 is 15.3 Å². The monoisotopic (exact) mass is 336 g/mol. The summed E-state index contributed by atoms with van der Waals surface area (Å²) in [5.41, 5.74) is 0. The van der Waals surface area contributed by atoms with Gasteiger partial charge in [0.15, 0.2) is 5.76 Å². The van der Waals surface area contributed by atoms with E-state index in [0.29, 0.717) is 0 Å². The zero-order valence-electron chi connectivity index (χ0n) is 14.8. The summed E-state index contributed by atoms with van der Waals surface area (Å²) in [6.45, 7) is 2.24. The summed E-state index contributed by atoms with van der Waals surface area (Å²) in [5.74, 6) is -3.27. The Bertz CT molecular complexity index is 445. The number of hydrogen-bond donors (Lipinski definition) is 3. The first-order chi connectivity index (χ1) is 11.6. The van der Waals surface area contributed by atoms with Crippen LogP contribution in [0.5, 0.6) is 0 Å². The van der Waals surface area contributed by atoms with Crippen molar-refractivity contribution in [1.29, 1.82) is 0 Å². The first-order valence-corrected chi connectivity index (χ1v) is 8.95. The van der Waals surface area contributed by atoms with Gasteiger partial charge in [0, 0.05) is 0 Å². The van der Waals surface area contributed by atoms with Crippen molar-refractivity contribution in [2.45, 2.75) is 71.1 Å². The van der Waals surface area contributed by atoms with Gasteiger partial charge in [-0.15, -0.1) is 0 Å². The van der Waals surface area contributed by atoms with E-state index in [9.17, 15) is 9.90 Å². The van der Waals surface area contributed by atoms with Crippen LogP contribution in [0.15, 0.2) is 48.0 Å². The summed E-state index contributed by atoms with van der Waals surface area (Å²) < 4.78 is 0. The van der Waals surface area contributed by atoms with Crippen molar-refractivity contribution in [3.05, 3.63) is 48.0 Å². The molecule has 0 bridgehead atoms. The number of hydrogen-bond acceptors (Lipinski definition) is 3. The second-order valence-electron chi connectivity index (χ2n) is 5.83. The van der Waals surface area contributed by atoms with Gasteiger partial charge >= 0.3 is 5.97 Å². The molecule has 136 valence electrons. The minimum Gasteiger partial charge on any atom is -0.504 e. The lowest BCUT2D eigenvalue weighted by Crippen LogP contribution is -2.02. The third-order valence-electron chi connectivity index (χ3n) is 3.64. The summed E-state index contributed by atoms with van der Waals surface area (Å²) in [4.78, 5) is 10.4. The second kappa shape index (κ2) is 15.9. The second-order valence-corrected chi connectivity index (χ2v) is 5.83. The van der Waals surface area contributed by atoms with E-state index in [1.54, 1.807) is 12.2 Å². The quantitative estimate of drug-likeness (QED) is 0.158. The van der Waals surface area contributed by atoms with Crippen LogP contribution in [0.3, 0.4) is 0 Å². The molecule has 0 aromatic heterocycles. The molecule has 0 aliphatic heterocycles. The van der Waals surface area contributed by atoms with Crippen molar-refractivity contribution in [3.8, 4) is 0 Å². The van der Waals surface area contributed by atoms with Gasteiger partial charge in [0.1, 0.15) is 0 Å². The molecule has 0 aromatic rings. The molecule has 0 aromatic carbocycles. The molecule has 0 unspecified atom stereocenters. The lowest BCUT2D eigenvalue weighted by Gasteiger charge is -2.00. The lowest BCUT2D eigenvalue weighted by molar-refractivity contribution is -0.135. The van der Waals surface area contributed by atoms with Gasteiger partial charge in [0.05, 0.1) is 0 Å². The molecule has 0 aliphatic carbocycles. The number of aliphatic hydroxyl groups is 2. The Morgan fingerprint density at radius 3 is 1.88 bits per heavy atom. The Kier molecular flexibility index (Phi) is 14.6. The highest BCUT2D eigenvalue weighted by Gasteiger charge is 2.08. The van der Waals surface area contributed by atoms with E-state index < -0.39 is 17.5 Å². The van der Waals surface area contributed by atoms with Gasteiger partial charge in [0.25, 0.3) is 0 Å². The molecular formula is C20H32O4. The topological polar surface area (TPSA) is 77.8 Å². The van der Waals surface area contributed by atoms with Crippen LogP contribution in [0.4, 0.5) is 0 Å². The van der Waals surface area contributed by atoms with Crippen molar-refractivity contribution < 1.29 is 20.1 Å². The molecule has 0 spiro atoms. The number of allylic oxidation sites excluding steroid dienone is 6. The van der Waals surface area contributed by atoms with E-state index >= 15 is 0 Å². The SMILES string of the molecule is CCCCCCCCCCCC=C/C=C/C=C/C(O)=C(\O)C(=O)O. The number of carboxylic acids is 1. The molecule has 0 amide bonds. The Labute approximate surface area is 145 Å². The number of aliphatic carboxylic acids is 1. The van der Waals surface area contributed by atoms with Gasteiger partial charge in [-0.05, 0) is 18.9 Å². The van der Waals surface area contributed by atoms with E-state index in [1.807, 2.05) is 6.08 Å². The maximum absolute atomic E-state index is 10.4. The van der Waals surface area contributed by atoms with Crippen LogP contribution in [0.25, 0.3) is 0 Å². The summed E-state index contributed by atoms with van der Waals surface area (Å²) in [5, 5.41) is 26.6. The fourth-order valence-electron chi connectivity index (χ4n) is 2.21. The van der Waals surface area contributed by atoms with Crippen LogP contribution in [0.2, 0.25) is 0 Å². The highest BCUT2D eigenvalue weighted by molar-refractivity contribution is 5.84. The highest BCUT2D eigenvalue weighted by atomic mass is 16.4. The summed E-state index contributed by atoms with van der Waals surface area (Å²) in [7, 11) is 0. The molecule has 4 nitrogen and oxygen atoms in total. The van der Waals surface area contributed by atoms with Crippen LogP contribution in [-0.4, -0.2) is 21.3 Å². The average molecular weight is 336 g/mol. The molecule has 24 heavy (non-hydrogen) atoms. The lowest BCUT2D eigenvalue weighted by atomic mass is 10.1. The van der Waals surface area contributed by atoms with Crippen LogP contribution in [0, 0.1) is 0 Å². The van der Waals surface area contributed by atoms with Crippen molar-refractivity contribution in [3.63, 3.8) is 0 Å². The van der Waals surface area contributed by atoms with Crippen molar-refractivity contribution in [2.75, 3.05) is 0 Å². The molecule has 0 fully saturated rings. The van der Waals surface area contributed by atoms with E-state index in [4.69, 9.17) is 10.2 Å². The standard InChI is InChI=1S/C20H32O4/c1-2-3-4-5-6-7-8-9-10-11-12-13-14-15-16-17-18(21)19(22)20(23)24/h12-17,21-22H,2-11H2,1H3,(H,23,24)/b13-12?,15-14+,17-16+,19-18+. The molecule has 0 heterocycles. The maximum Gasteiger partial charge on any atom is 0.374 e. The van der Waals surface area contributed by atoms with E-state index in [0.717, 1.165) is 12.5 Å². The third kappa shape index (κ3) is 13.7. The largest absolute Gasteiger partial charge is 0.504 e. The van der Waals surface area contributed by atoms with Gasteiger partial charge in [-0.1, -0.05) is 88.7 Å². The Balaban J connectivity index is 3.62. The molecule has 0 aliphatic rings. The molecule has 0 rings (SSSR count). The van der Waals surface area contributed by atoms with Crippen LogP contribution in [-0.2, 0) is 4.79 Å². The van der Waals surface area contributed by atoms with E-state index in [1.165, 1.54) is 63.9 Å². The molecule has 0 radical (unpaired) electrons. The fourth-order valence-corrected chi connectivity index (χ4v) is 2.21. The van der Waals surface area contributed by atoms with Crippen molar-refractivity contribution in [2.24, 2.45) is 0 Å².